The van der Waals surface area contributed by atoms with E-state index in [0.29, 0.717) is 10.4 Å². The molecule has 0 fully saturated rings. The molecule has 0 saturated heterocycles. The van der Waals surface area contributed by atoms with Crippen molar-refractivity contribution in [2.75, 3.05) is 6.26 Å². The standard InChI is InChI=1S/C22H18N2OS3/c1-26-22-23-20(25)17-15-12-16(13-8-4-2-5-9-13)27-18(14-10-6-3-7-11-14)19(15)28-21(17)24-22/h2-11,16,18H,12H2,1H3,(H,23,24,25)/t16-,18+/m1/s1. The van der Waals surface area contributed by atoms with Crippen molar-refractivity contribution in [2.45, 2.75) is 22.1 Å². The average Bonchev–Trinajstić information content (AvgIpc) is 3.13. The SMILES string of the molecule is CSc1nc2sc3c(c2c(=O)[nH]1)C[C@H](c1ccccc1)S[C@H]3c1ccccc1. The largest absolute Gasteiger partial charge is 0.301 e. The normalized spacial score (nSPS) is 18.9. The lowest BCUT2D eigenvalue weighted by molar-refractivity contribution is 0.891. The average molecular weight is 423 g/mol. The molecule has 0 aliphatic carbocycles. The number of aromatic nitrogens is 2. The quantitative estimate of drug-likeness (QED) is 0.333. The second-order valence-electron chi connectivity index (χ2n) is 6.73. The molecule has 2 atom stereocenters. The molecule has 2 aromatic carbocycles. The Morgan fingerprint density at radius 1 is 1.04 bits per heavy atom. The van der Waals surface area contributed by atoms with E-state index < -0.39 is 0 Å². The fraction of sp³-hybridized carbons (Fsp3) is 0.182. The topological polar surface area (TPSA) is 45.8 Å². The maximum atomic E-state index is 12.9. The number of thioether (sulfide) groups is 2. The number of nitrogens with one attached hydrogen (secondary N) is 1. The van der Waals surface area contributed by atoms with Crippen molar-refractivity contribution < 1.29 is 0 Å². The number of benzene rings is 2. The molecule has 0 bridgehead atoms. The Morgan fingerprint density at radius 3 is 2.39 bits per heavy atom. The summed E-state index contributed by atoms with van der Waals surface area (Å²) in [6, 6.07) is 21.2. The maximum absolute atomic E-state index is 12.9. The summed E-state index contributed by atoms with van der Waals surface area (Å²) in [6.45, 7) is 0. The third-order valence-electron chi connectivity index (χ3n) is 5.07. The molecule has 0 amide bonds. The summed E-state index contributed by atoms with van der Waals surface area (Å²) in [5.74, 6) is 0. The van der Waals surface area contributed by atoms with Gasteiger partial charge in [0.05, 0.1) is 10.6 Å². The van der Waals surface area contributed by atoms with Crippen LogP contribution in [0, 0.1) is 0 Å². The van der Waals surface area contributed by atoms with Gasteiger partial charge in [0.2, 0.25) is 0 Å². The Labute approximate surface area is 175 Å². The van der Waals surface area contributed by atoms with Crippen LogP contribution >= 0.6 is 34.9 Å². The van der Waals surface area contributed by atoms with Crippen molar-refractivity contribution in [1.82, 2.24) is 9.97 Å². The molecule has 1 aliphatic rings. The van der Waals surface area contributed by atoms with E-state index in [-0.39, 0.29) is 10.8 Å². The summed E-state index contributed by atoms with van der Waals surface area (Å²) in [7, 11) is 0. The van der Waals surface area contributed by atoms with E-state index in [1.165, 1.54) is 33.3 Å². The highest BCUT2D eigenvalue weighted by Gasteiger charge is 2.34. The molecule has 0 radical (unpaired) electrons. The van der Waals surface area contributed by atoms with Gasteiger partial charge in [0, 0.05) is 10.1 Å². The Morgan fingerprint density at radius 2 is 1.71 bits per heavy atom. The number of fused-ring (bicyclic) bond motifs is 3. The minimum Gasteiger partial charge on any atom is -0.301 e. The smallest absolute Gasteiger partial charge is 0.260 e. The Hall–Kier alpha value is -2.02. The van der Waals surface area contributed by atoms with Crippen LogP contribution < -0.4 is 5.56 Å². The van der Waals surface area contributed by atoms with E-state index in [1.807, 2.05) is 18.0 Å². The van der Waals surface area contributed by atoms with Gasteiger partial charge in [0.25, 0.3) is 5.56 Å². The number of H-pyrrole nitrogens is 1. The van der Waals surface area contributed by atoms with E-state index in [9.17, 15) is 4.79 Å². The summed E-state index contributed by atoms with van der Waals surface area (Å²) in [5, 5.41) is 1.99. The first-order valence-electron chi connectivity index (χ1n) is 9.09. The summed E-state index contributed by atoms with van der Waals surface area (Å²) < 4.78 is 0. The van der Waals surface area contributed by atoms with Gasteiger partial charge in [0.1, 0.15) is 4.83 Å². The lowest BCUT2D eigenvalue weighted by Gasteiger charge is -2.29. The second kappa shape index (κ2) is 7.43. The molecule has 2 aromatic heterocycles. The molecule has 0 spiro atoms. The Kier molecular flexibility index (Phi) is 4.78. The van der Waals surface area contributed by atoms with Gasteiger partial charge in [-0.05, 0) is 29.4 Å². The van der Waals surface area contributed by atoms with Crippen LogP contribution in [-0.2, 0) is 6.42 Å². The van der Waals surface area contributed by atoms with E-state index >= 15 is 0 Å². The van der Waals surface area contributed by atoms with Gasteiger partial charge in [-0.1, -0.05) is 72.4 Å². The molecular weight excluding hydrogens is 404 g/mol. The highest BCUT2D eigenvalue weighted by molar-refractivity contribution is 8.00. The number of nitrogens with zero attached hydrogens (tertiary/aromatic N) is 1. The molecule has 1 aliphatic heterocycles. The van der Waals surface area contributed by atoms with Gasteiger partial charge in [-0.2, -0.15) is 0 Å². The maximum Gasteiger partial charge on any atom is 0.260 e. The van der Waals surface area contributed by atoms with E-state index in [4.69, 9.17) is 4.98 Å². The molecule has 3 heterocycles. The van der Waals surface area contributed by atoms with Crippen molar-refractivity contribution in [1.29, 1.82) is 0 Å². The first kappa shape index (κ1) is 18.0. The lowest BCUT2D eigenvalue weighted by Crippen LogP contribution is -2.15. The van der Waals surface area contributed by atoms with Gasteiger partial charge in [0.15, 0.2) is 5.16 Å². The van der Waals surface area contributed by atoms with Gasteiger partial charge in [-0.3, -0.25) is 4.79 Å². The van der Waals surface area contributed by atoms with Crippen LogP contribution in [0.15, 0.2) is 70.6 Å². The minimum atomic E-state index is -0.0163. The number of aromatic amines is 1. The van der Waals surface area contributed by atoms with Crippen LogP contribution in [0.1, 0.15) is 32.1 Å². The van der Waals surface area contributed by atoms with Gasteiger partial charge >= 0.3 is 0 Å². The van der Waals surface area contributed by atoms with Crippen molar-refractivity contribution in [3.05, 3.63) is 92.6 Å². The number of hydrogen-bond donors (Lipinski definition) is 1. The summed E-state index contributed by atoms with van der Waals surface area (Å²) in [5.41, 5.74) is 3.74. The van der Waals surface area contributed by atoms with Gasteiger partial charge < -0.3 is 4.98 Å². The van der Waals surface area contributed by atoms with E-state index in [0.717, 1.165) is 16.6 Å². The fourth-order valence-corrected chi connectivity index (χ4v) is 7.20. The van der Waals surface area contributed by atoms with Crippen LogP contribution in [0.3, 0.4) is 0 Å². The number of rotatable bonds is 3. The monoisotopic (exact) mass is 422 g/mol. The molecule has 4 aromatic rings. The zero-order chi connectivity index (χ0) is 19.1. The third kappa shape index (κ3) is 3.09. The first-order chi connectivity index (χ1) is 13.7. The van der Waals surface area contributed by atoms with Gasteiger partial charge in [-0.15, -0.1) is 23.1 Å². The lowest BCUT2D eigenvalue weighted by atomic mass is 9.98. The molecule has 1 N–H and O–H groups in total. The molecule has 0 saturated carbocycles. The predicted molar refractivity (Wildman–Crippen MR) is 121 cm³/mol. The molecular formula is C22H18N2OS3. The van der Waals surface area contributed by atoms with Crippen LogP contribution in [0.25, 0.3) is 10.2 Å². The van der Waals surface area contributed by atoms with Crippen molar-refractivity contribution in [3.8, 4) is 0 Å². The summed E-state index contributed by atoms with van der Waals surface area (Å²) in [6.07, 6.45) is 2.79. The van der Waals surface area contributed by atoms with Crippen molar-refractivity contribution >= 4 is 45.1 Å². The molecule has 6 heteroatoms. The second-order valence-corrected chi connectivity index (χ2v) is 9.87. The predicted octanol–water partition coefficient (Wildman–Crippen LogP) is 5.83. The molecule has 0 unspecified atom stereocenters. The van der Waals surface area contributed by atoms with Crippen LogP contribution in [-0.4, -0.2) is 16.2 Å². The molecule has 28 heavy (non-hydrogen) atoms. The summed E-state index contributed by atoms with van der Waals surface area (Å²) >= 11 is 5.13. The number of hydrogen-bond acceptors (Lipinski definition) is 5. The Bertz CT molecular complexity index is 1190. The van der Waals surface area contributed by atoms with Crippen molar-refractivity contribution in [2.24, 2.45) is 0 Å². The molecule has 140 valence electrons. The van der Waals surface area contributed by atoms with Crippen LogP contribution in [0.2, 0.25) is 0 Å². The zero-order valence-electron chi connectivity index (χ0n) is 15.2. The first-order valence-corrected chi connectivity index (χ1v) is 12.1. The molecule has 5 rings (SSSR count). The van der Waals surface area contributed by atoms with E-state index in [1.54, 1.807) is 11.3 Å². The van der Waals surface area contributed by atoms with E-state index in [2.05, 4.69) is 65.6 Å². The van der Waals surface area contributed by atoms with Crippen LogP contribution in [0.5, 0.6) is 0 Å². The van der Waals surface area contributed by atoms with Crippen molar-refractivity contribution in [3.63, 3.8) is 0 Å². The molecule has 3 nitrogen and oxygen atoms in total. The zero-order valence-corrected chi connectivity index (χ0v) is 17.7. The van der Waals surface area contributed by atoms with Gasteiger partial charge in [-0.25, -0.2) is 4.98 Å². The number of thiophene rings is 1. The minimum absolute atomic E-state index is 0.0163. The third-order valence-corrected chi connectivity index (χ3v) is 8.53. The fourth-order valence-electron chi connectivity index (χ4n) is 3.75. The highest BCUT2D eigenvalue weighted by atomic mass is 32.2. The highest BCUT2D eigenvalue weighted by Crippen LogP contribution is 2.54. The Balaban J connectivity index is 1.72. The summed E-state index contributed by atoms with van der Waals surface area (Å²) in [4.78, 5) is 22.6. The van der Waals surface area contributed by atoms with Crippen LogP contribution in [0.4, 0.5) is 0 Å².